The van der Waals surface area contributed by atoms with Crippen LogP contribution in [0.5, 0.6) is 0 Å². The molecule has 1 heterocycles. The van der Waals surface area contributed by atoms with Crippen LogP contribution in [0.15, 0.2) is 0 Å². The summed E-state index contributed by atoms with van der Waals surface area (Å²) in [5.41, 5.74) is 5.30. The molecule has 0 aromatic heterocycles. The van der Waals surface area contributed by atoms with E-state index in [1.54, 1.807) is 4.90 Å². The Hall–Kier alpha value is -0.770. The Morgan fingerprint density at radius 1 is 1.19 bits per heavy atom. The van der Waals surface area contributed by atoms with Crippen LogP contribution >= 0.6 is 0 Å². The number of hydrogen-bond donors (Lipinski definition) is 1. The number of primary amides is 1. The molecular formula is C12H25N3O. The van der Waals surface area contributed by atoms with Crippen LogP contribution in [0, 0.1) is 5.92 Å². The van der Waals surface area contributed by atoms with Crippen LogP contribution in [0.3, 0.4) is 0 Å². The molecular weight excluding hydrogens is 202 g/mol. The molecule has 0 atom stereocenters. The van der Waals surface area contributed by atoms with Gasteiger partial charge < -0.3 is 15.5 Å². The van der Waals surface area contributed by atoms with Gasteiger partial charge in [0.1, 0.15) is 0 Å². The molecule has 16 heavy (non-hydrogen) atoms. The standard InChI is InChI=1S/C12H25N3O/c1-3-11(4-2)10-14-6-5-7-15(9-8-14)12(13)16/h11H,3-10H2,1-2H3,(H2,13,16). The minimum atomic E-state index is -0.274. The minimum absolute atomic E-state index is 0.274. The lowest BCUT2D eigenvalue weighted by atomic mass is 10.0. The van der Waals surface area contributed by atoms with E-state index in [-0.39, 0.29) is 6.03 Å². The topological polar surface area (TPSA) is 49.6 Å². The van der Waals surface area contributed by atoms with Gasteiger partial charge in [0.2, 0.25) is 0 Å². The number of urea groups is 1. The average molecular weight is 227 g/mol. The van der Waals surface area contributed by atoms with E-state index >= 15 is 0 Å². The summed E-state index contributed by atoms with van der Waals surface area (Å²) in [6.45, 7) is 9.34. The van der Waals surface area contributed by atoms with E-state index in [0.29, 0.717) is 0 Å². The summed E-state index contributed by atoms with van der Waals surface area (Å²) >= 11 is 0. The molecule has 0 aromatic rings. The van der Waals surface area contributed by atoms with Crippen molar-refractivity contribution in [1.29, 1.82) is 0 Å². The first-order valence-electron chi connectivity index (χ1n) is 6.44. The van der Waals surface area contributed by atoms with Crippen LogP contribution in [0.25, 0.3) is 0 Å². The number of nitrogens with zero attached hydrogens (tertiary/aromatic N) is 2. The minimum Gasteiger partial charge on any atom is -0.351 e. The Balaban J connectivity index is 2.38. The number of hydrogen-bond acceptors (Lipinski definition) is 2. The molecule has 0 saturated carbocycles. The van der Waals surface area contributed by atoms with E-state index in [4.69, 9.17) is 5.73 Å². The Kier molecular flexibility index (Phi) is 5.60. The van der Waals surface area contributed by atoms with E-state index < -0.39 is 0 Å². The molecule has 4 nitrogen and oxygen atoms in total. The number of carbonyl (C=O) groups is 1. The zero-order valence-corrected chi connectivity index (χ0v) is 10.6. The molecule has 1 aliphatic rings. The van der Waals surface area contributed by atoms with Crippen molar-refractivity contribution in [2.24, 2.45) is 11.7 Å². The number of amides is 2. The fraction of sp³-hybridized carbons (Fsp3) is 0.917. The van der Waals surface area contributed by atoms with Gasteiger partial charge in [-0.2, -0.15) is 0 Å². The van der Waals surface area contributed by atoms with Gasteiger partial charge in [0.15, 0.2) is 0 Å². The zero-order valence-electron chi connectivity index (χ0n) is 10.6. The summed E-state index contributed by atoms with van der Waals surface area (Å²) in [6, 6.07) is -0.274. The lowest BCUT2D eigenvalue weighted by molar-refractivity contribution is 0.203. The maximum Gasteiger partial charge on any atom is 0.314 e. The van der Waals surface area contributed by atoms with E-state index in [1.807, 2.05) is 0 Å². The fourth-order valence-corrected chi connectivity index (χ4v) is 2.29. The van der Waals surface area contributed by atoms with Crippen molar-refractivity contribution in [3.63, 3.8) is 0 Å². The molecule has 1 rings (SSSR count). The van der Waals surface area contributed by atoms with Crippen LogP contribution in [0.2, 0.25) is 0 Å². The normalized spacial score (nSPS) is 18.8. The molecule has 0 aromatic carbocycles. The quantitative estimate of drug-likeness (QED) is 0.791. The fourth-order valence-electron chi connectivity index (χ4n) is 2.29. The first-order valence-corrected chi connectivity index (χ1v) is 6.44. The second-order valence-electron chi connectivity index (χ2n) is 4.66. The third kappa shape index (κ3) is 4.00. The van der Waals surface area contributed by atoms with Gasteiger partial charge in [0.05, 0.1) is 0 Å². The highest BCUT2D eigenvalue weighted by atomic mass is 16.2. The molecule has 2 N–H and O–H groups in total. The molecule has 0 spiro atoms. The van der Waals surface area contributed by atoms with Crippen LogP contribution in [-0.4, -0.2) is 48.6 Å². The molecule has 1 saturated heterocycles. The van der Waals surface area contributed by atoms with Gasteiger partial charge in [0, 0.05) is 26.2 Å². The predicted molar refractivity (Wildman–Crippen MR) is 66.3 cm³/mol. The van der Waals surface area contributed by atoms with E-state index in [9.17, 15) is 4.79 Å². The summed E-state index contributed by atoms with van der Waals surface area (Å²) in [5.74, 6) is 0.792. The van der Waals surface area contributed by atoms with Gasteiger partial charge in [-0.1, -0.05) is 26.7 Å². The largest absolute Gasteiger partial charge is 0.351 e. The van der Waals surface area contributed by atoms with E-state index in [0.717, 1.165) is 38.5 Å². The average Bonchev–Trinajstić information content (AvgIpc) is 2.51. The van der Waals surface area contributed by atoms with Crippen molar-refractivity contribution in [1.82, 2.24) is 9.80 Å². The summed E-state index contributed by atoms with van der Waals surface area (Å²) in [5, 5.41) is 0. The summed E-state index contributed by atoms with van der Waals surface area (Å²) in [4.78, 5) is 15.3. The predicted octanol–water partition coefficient (Wildman–Crippen LogP) is 1.51. The second kappa shape index (κ2) is 6.74. The zero-order chi connectivity index (χ0) is 12.0. The van der Waals surface area contributed by atoms with Gasteiger partial charge >= 0.3 is 6.03 Å². The molecule has 0 aliphatic carbocycles. The third-order valence-electron chi connectivity index (χ3n) is 3.57. The van der Waals surface area contributed by atoms with Crippen molar-refractivity contribution in [3.8, 4) is 0 Å². The van der Waals surface area contributed by atoms with E-state index in [2.05, 4.69) is 18.7 Å². The molecule has 94 valence electrons. The monoisotopic (exact) mass is 227 g/mol. The number of carbonyl (C=O) groups excluding carboxylic acids is 1. The maximum absolute atomic E-state index is 11.1. The van der Waals surface area contributed by atoms with Crippen molar-refractivity contribution < 1.29 is 4.79 Å². The maximum atomic E-state index is 11.1. The van der Waals surface area contributed by atoms with Crippen molar-refractivity contribution in [3.05, 3.63) is 0 Å². The van der Waals surface area contributed by atoms with Crippen molar-refractivity contribution >= 4 is 6.03 Å². The van der Waals surface area contributed by atoms with Crippen LogP contribution < -0.4 is 5.73 Å². The van der Waals surface area contributed by atoms with Crippen LogP contribution in [0.1, 0.15) is 33.1 Å². The number of nitrogens with two attached hydrogens (primary N) is 1. The van der Waals surface area contributed by atoms with E-state index in [1.165, 1.54) is 19.4 Å². The molecule has 1 fully saturated rings. The first kappa shape index (κ1) is 13.3. The first-order chi connectivity index (χ1) is 7.67. The Morgan fingerprint density at radius 3 is 2.44 bits per heavy atom. The van der Waals surface area contributed by atoms with Crippen LogP contribution in [0.4, 0.5) is 4.79 Å². The third-order valence-corrected chi connectivity index (χ3v) is 3.57. The highest BCUT2D eigenvalue weighted by molar-refractivity contribution is 5.71. The lowest BCUT2D eigenvalue weighted by Crippen LogP contribution is -2.39. The lowest BCUT2D eigenvalue weighted by Gasteiger charge is -2.24. The van der Waals surface area contributed by atoms with Gasteiger partial charge in [-0.05, 0) is 18.9 Å². The van der Waals surface area contributed by atoms with Gasteiger partial charge in [-0.25, -0.2) is 4.79 Å². The molecule has 2 amide bonds. The summed E-state index contributed by atoms with van der Waals surface area (Å²) in [7, 11) is 0. The van der Waals surface area contributed by atoms with Crippen molar-refractivity contribution in [2.45, 2.75) is 33.1 Å². The Morgan fingerprint density at radius 2 is 1.88 bits per heavy atom. The highest BCUT2D eigenvalue weighted by Gasteiger charge is 2.18. The van der Waals surface area contributed by atoms with Crippen molar-refractivity contribution in [2.75, 3.05) is 32.7 Å². The molecule has 0 radical (unpaired) electrons. The van der Waals surface area contributed by atoms with Gasteiger partial charge in [0.25, 0.3) is 0 Å². The summed E-state index contributed by atoms with van der Waals surface area (Å²) in [6.07, 6.45) is 3.53. The second-order valence-corrected chi connectivity index (χ2v) is 4.66. The number of rotatable bonds is 4. The smallest absolute Gasteiger partial charge is 0.314 e. The van der Waals surface area contributed by atoms with Gasteiger partial charge in [-0.3, -0.25) is 0 Å². The molecule has 4 heteroatoms. The summed E-state index contributed by atoms with van der Waals surface area (Å²) < 4.78 is 0. The molecule has 0 bridgehead atoms. The Labute approximate surface area is 98.8 Å². The van der Waals surface area contributed by atoms with Gasteiger partial charge in [-0.15, -0.1) is 0 Å². The Bertz CT molecular complexity index is 216. The molecule has 0 unspecified atom stereocenters. The highest BCUT2D eigenvalue weighted by Crippen LogP contribution is 2.12. The SMILES string of the molecule is CCC(CC)CN1CCCN(C(N)=O)CC1. The van der Waals surface area contributed by atoms with Crippen LogP contribution in [-0.2, 0) is 0 Å². The molecule has 1 aliphatic heterocycles.